The number of imide groups is 1. The minimum Gasteiger partial charge on any atom is -0.481 e. The van der Waals surface area contributed by atoms with Crippen LogP contribution in [0.15, 0.2) is 95.3 Å². The van der Waals surface area contributed by atoms with E-state index in [0.29, 0.717) is 43.7 Å². The molecule has 0 radical (unpaired) electrons. The van der Waals surface area contributed by atoms with Crippen LogP contribution in [0.5, 0.6) is 11.5 Å². The van der Waals surface area contributed by atoms with Gasteiger partial charge in [-0.3, -0.25) is 14.5 Å². The quantitative estimate of drug-likeness (QED) is 0.270. The Morgan fingerprint density at radius 2 is 1.55 bits per heavy atom. The maximum Gasteiger partial charge on any atom is 0.282 e. The van der Waals surface area contributed by atoms with Crippen LogP contribution in [0.25, 0.3) is 5.57 Å². The number of aliphatic hydroxyl groups is 1. The lowest BCUT2D eigenvalue weighted by molar-refractivity contribution is 0.0563. The molecule has 38 heavy (non-hydrogen) atoms. The number of allylic oxidation sites excluding steroid dienone is 2. The molecule has 2 aromatic carbocycles. The minimum atomic E-state index is -0.858. The first-order valence-corrected chi connectivity index (χ1v) is 13.9. The van der Waals surface area contributed by atoms with Gasteiger partial charge in [0.25, 0.3) is 17.8 Å². The van der Waals surface area contributed by atoms with E-state index in [0.717, 1.165) is 5.56 Å². The summed E-state index contributed by atoms with van der Waals surface area (Å²) in [7, 11) is 0. The second kappa shape index (κ2) is 9.63. The fraction of sp³-hybridized carbons (Fsp3) is 0.133. The molecule has 2 amide bonds. The molecule has 0 aliphatic carbocycles. The smallest absolute Gasteiger partial charge is 0.282 e. The van der Waals surface area contributed by atoms with E-state index in [1.807, 2.05) is 53.2 Å². The van der Waals surface area contributed by atoms with E-state index in [2.05, 4.69) is 13.8 Å². The molecule has 190 valence electrons. The summed E-state index contributed by atoms with van der Waals surface area (Å²) in [5.74, 6) is 0.506. The first kappa shape index (κ1) is 24.2. The Kier molecular flexibility index (Phi) is 6.13. The predicted octanol–water partition coefficient (Wildman–Crippen LogP) is 7.55. The summed E-state index contributed by atoms with van der Waals surface area (Å²) in [5.41, 5.74) is 3.03. The number of hydrogen-bond acceptors (Lipinski definition) is 7. The van der Waals surface area contributed by atoms with Gasteiger partial charge in [-0.05, 0) is 52.6 Å². The van der Waals surface area contributed by atoms with Gasteiger partial charge in [-0.25, -0.2) is 0 Å². The summed E-state index contributed by atoms with van der Waals surface area (Å²) < 4.78 is 12.0. The number of ether oxygens (including phenoxy) is 2. The zero-order valence-electron chi connectivity index (χ0n) is 20.6. The van der Waals surface area contributed by atoms with Crippen molar-refractivity contribution >= 4 is 40.1 Å². The van der Waals surface area contributed by atoms with Gasteiger partial charge in [-0.2, -0.15) is 0 Å². The topological polar surface area (TPSA) is 76.1 Å². The number of fused-ring (bicyclic) bond motifs is 2. The van der Waals surface area contributed by atoms with Crippen LogP contribution in [-0.4, -0.2) is 21.8 Å². The number of benzene rings is 2. The van der Waals surface area contributed by atoms with Crippen LogP contribution in [0, 0.1) is 0 Å². The van der Waals surface area contributed by atoms with Crippen LogP contribution in [0.1, 0.15) is 61.8 Å². The Balaban J connectivity index is 1.61. The van der Waals surface area contributed by atoms with Crippen LogP contribution in [0.4, 0.5) is 0 Å². The molecule has 4 aromatic rings. The SMILES string of the molecule is CC(C)c1ccc2c(c1)C(=C1Oc3ccccc3C1N(C(=O)c1cccs1)C(=O)c1cccs1)C=C(O)O2. The van der Waals surface area contributed by atoms with Crippen molar-refractivity contribution in [3.63, 3.8) is 0 Å². The van der Waals surface area contributed by atoms with Gasteiger partial charge in [0.05, 0.1) is 9.75 Å². The maximum absolute atomic E-state index is 14.0. The molecule has 0 bridgehead atoms. The molecule has 4 heterocycles. The summed E-state index contributed by atoms with van der Waals surface area (Å²) in [6, 6.07) is 19.3. The fourth-order valence-electron chi connectivity index (χ4n) is 4.69. The number of para-hydroxylation sites is 1. The van der Waals surface area contributed by atoms with Gasteiger partial charge in [0, 0.05) is 22.8 Å². The van der Waals surface area contributed by atoms with Gasteiger partial charge in [-0.15, -0.1) is 22.7 Å². The molecule has 2 aliphatic rings. The van der Waals surface area contributed by atoms with Crippen molar-refractivity contribution in [2.75, 3.05) is 0 Å². The van der Waals surface area contributed by atoms with Crippen molar-refractivity contribution in [3.05, 3.63) is 122 Å². The third-order valence-corrected chi connectivity index (χ3v) is 8.27. The second-order valence-corrected chi connectivity index (χ2v) is 11.1. The van der Waals surface area contributed by atoms with Gasteiger partial charge in [0.15, 0.2) is 0 Å². The van der Waals surface area contributed by atoms with Crippen molar-refractivity contribution in [2.45, 2.75) is 25.8 Å². The third kappa shape index (κ3) is 4.12. The Bertz CT molecular complexity index is 1550. The fourth-order valence-corrected chi connectivity index (χ4v) is 6.01. The number of aliphatic hydroxyl groups excluding tert-OH is 1. The van der Waals surface area contributed by atoms with Gasteiger partial charge in [0.2, 0.25) is 0 Å². The molecule has 0 spiro atoms. The minimum absolute atomic E-state index is 0.251. The third-order valence-electron chi connectivity index (χ3n) is 6.55. The molecule has 6 nitrogen and oxygen atoms in total. The highest BCUT2D eigenvalue weighted by Crippen LogP contribution is 2.49. The van der Waals surface area contributed by atoms with Crippen molar-refractivity contribution in [3.8, 4) is 11.5 Å². The largest absolute Gasteiger partial charge is 0.481 e. The maximum atomic E-state index is 14.0. The molecule has 0 saturated carbocycles. The van der Waals surface area contributed by atoms with Crippen LogP contribution in [0.2, 0.25) is 0 Å². The summed E-state index contributed by atoms with van der Waals surface area (Å²) in [5, 5.41) is 14.1. The molecular formula is C30H23NO5S2. The average Bonchev–Trinajstić information content (AvgIpc) is 3.70. The first-order valence-electron chi connectivity index (χ1n) is 12.1. The second-order valence-electron chi connectivity index (χ2n) is 9.25. The zero-order valence-corrected chi connectivity index (χ0v) is 22.2. The average molecular weight is 542 g/mol. The van der Waals surface area contributed by atoms with E-state index in [4.69, 9.17) is 9.47 Å². The van der Waals surface area contributed by atoms with Crippen molar-refractivity contribution < 1.29 is 24.2 Å². The number of rotatable bonds is 4. The molecule has 8 heteroatoms. The van der Waals surface area contributed by atoms with Crippen LogP contribution in [0.3, 0.4) is 0 Å². The van der Waals surface area contributed by atoms with Crippen molar-refractivity contribution in [1.82, 2.24) is 4.90 Å². The number of amides is 2. The van der Waals surface area contributed by atoms with E-state index in [-0.39, 0.29) is 11.9 Å². The van der Waals surface area contributed by atoms with Crippen LogP contribution in [-0.2, 0) is 0 Å². The number of nitrogens with zero attached hydrogens (tertiary/aromatic N) is 1. The number of carbonyl (C=O) groups is 2. The van der Waals surface area contributed by atoms with E-state index >= 15 is 0 Å². The molecule has 0 saturated heterocycles. The summed E-state index contributed by atoms with van der Waals surface area (Å²) in [6.45, 7) is 4.19. The van der Waals surface area contributed by atoms with Gasteiger partial charge >= 0.3 is 0 Å². The highest BCUT2D eigenvalue weighted by molar-refractivity contribution is 7.12. The van der Waals surface area contributed by atoms with Gasteiger partial charge < -0.3 is 14.6 Å². The molecular weight excluding hydrogens is 518 g/mol. The van der Waals surface area contributed by atoms with E-state index in [1.54, 1.807) is 24.3 Å². The lowest BCUT2D eigenvalue weighted by Gasteiger charge is -2.28. The van der Waals surface area contributed by atoms with Gasteiger partial charge in [-0.1, -0.05) is 50.2 Å². The Morgan fingerprint density at radius 3 is 2.18 bits per heavy atom. The zero-order chi connectivity index (χ0) is 26.4. The lowest BCUT2D eigenvalue weighted by Crippen LogP contribution is -2.40. The Labute approximate surface area is 227 Å². The number of carbonyl (C=O) groups excluding carboxylic acids is 2. The van der Waals surface area contributed by atoms with E-state index < -0.39 is 17.9 Å². The van der Waals surface area contributed by atoms with Crippen LogP contribution < -0.4 is 9.47 Å². The highest BCUT2D eigenvalue weighted by Gasteiger charge is 2.43. The lowest BCUT2D eigenvalue weighted by atomic mass is 9.92. The molecule has 2 aromatic heterocycles. The first-order chi connectivity index (χ1) is 18.4. The van der Waals surface area contributed by atoms with Crippen LogP contribution >= 0.6 is 22.7 Å². The van der Waals surface area contributed by atoms with E-state index in [1.165, 1.54) is 33.6 Å². The summed E-state index contributed by atoms with van der Waals surface area (Å²) >= 11 is 2.55. The van der Waals surface area contributed by atoms with Crippen molar-refractivity contribution in [2.24, 2.45) is 0 Å². The molecule has 2 aliphatic heterocycles. The monoisotopic (exact) mass is 541 g/mol. The molecule has 6 rings (SSSR count). The molecule has 1 N–H and O–H groups in total. The molecule has 1 unspecified atom stereocenters. The standard InChI is InChI=1S/C30H23NO5S2/c1-17(2)18-11-12-23-20(15-18)21(16-26(32)35-23)28-27(19-7-3-4-8-22(19)36-28)31(29(33)24-9-5-13-37-24)30(34)25-10-6-14-38-25/h3-17,27,32H,1-2H3. The van der Waals surface area contributed by atoms with Gasteiger partial charge in [0.1, 0.15) is 23.3 Å². The van der Waals surface area contributed by atoms with E-state index in [9.17, 15) is 14.7 Å². The number of thiophene rings is 2. The molecule has 1 atom stereocenters. The molecule has 0 fully saturated rings. The summed E-state index contributed by atoms with van der Waals surface area (Å²) in [6.07, 6.45) is 1.49. The Morgan fingerprint density at radius 1 is 0.868 bits per heavy atom. The Hall–Kier alpha value is -4.14. The van der Waals surface area contributed by atoms with Crippen molar-refractivity contribution in [1.29, 1.82) is 0 Å². The normalized spacial score (nSPS) is 17.8. The predicted molar refractivity (Wildman–Crippen MR) is 148 cm³/mol. The highest BCUT2D eigenvalue weighted by atomic mass is 32.1. The summed E-state index contributed by atoms with van der Waals surface area (Å²) in [4.78, 5) is 30.1. The number of hydrogen-bond donors (Lipinski definition) is 1.